The molecular weight excluding hydrogens is 402 g/mol. The molecule has 8 heteroatoms. The summed E-state index contributed by atoms with van der Waals surface area (Å²) in [6, 6.07) is 2.36. The lowest BCUT2D eigenvalue weighted by Crippen LogP contribution is -2.39. The average molecular weight is 432 g/mol. The Morgan fingerprint density at radius 3 is 2.87 bits per heavy atom. The molecule has 1 saturated heterocycles. The predicted octanol–water partition coefficient (Wildman–Crippen LogP) is 3.59. The number of anilines is 2. The Morgan fingerprint density at radius 2 is 2.10 bits per heavy atom. The summed E-state index contributed by atoms with van der Waals surface area (Å²) in [5, 5.41) is 7.34. The van der Waals surface area contributed by atoms with E-state index in [1.54, 1.807) is 0 Å². The van der Waals surface area contributed by atoms with Gasteiger partial charge in [0.2, 0.25) is 0 Å². The number of hydrogen-bond acceptors (Lipinski definition) is 6. The van der Waals surface area contributed by atoms with Crippen molar-refractivity contribution in [1.29, 1.82) is 0 Å². The van der Waals surface area contributed by atoms with Crippen LogP contribution < -0.4 is 16.3 Å². The lowest BCUT2D eigenvalue weighted by atomic mass is 10.1. The van der Waals surface area contributed by atoms with Crippen LogP contribution in [0, 0.1) is 0 Å². The van der Waals surface area contributed by atoms with Gasteiger partial charge in [-0.3, -0.25) is 4.98 Å². The topological polar surface area (TPSA) is 82.3 Å². The number of rotatable bonds is 8. The Balaban J connectivity index is 1.19. The van der Waals surface area contributed by atoms with Crippen molar-refractivity contribution < 1.29 is 4.74 Å². The van der Waals surface area contributed by atoms with Crippen molar-refractivity contribution in [3.63, 3.8) is 0 Å². The molecule has 0 atom stereocenters. The van der Waals surface area contributed by atoms with E-state index >= 15 is 0 Å². The van der Waals surface area contributed by atoms with Crippen LogP contribution in [0.4, 0.5) is 11.6 Å². The minimum absolute atomic E-state index is 0.238. The molecule has 1 aromatic heterocycles. The number of aromatic amines is 1. The maximum Gasteiger partial charge on any atom is 0.348 e. The van der Waals surface area contributed by atoms with Gasteiger partial charge in [-0.1, -0.05) is 23.8 Å². The molecule has 2 heterocycles. The molecule has 3 N–H and O–H groups in total. The zero-order valence-electron chi connectivity index (χ0n) is 17.4. The first-order chi connectivity index (χ1) is 14.5. The first kappa shape index (κ1) is 21.0. The largest absolute Gasteiger partial charge is 0.494 e. The van der Waals surface area contributed by atoms with Gasteiger partial charge in [0.25, 0.3) is 0 Å². The third kappa shape index (κ3) is 6.12. The average Bonchev–Trinajstić information content (AvgIpc) is 3.53. The SMILES string of the molecule is CC1=C(Cl)C=C(OC2CCN(CCNc3cc(NC4CC4)[nH]c(=O)n3)CC2)CC=C1. The van der Waals surface area contributed by atoms with Gasteiger partial charge in [-0.2, -0.15) is 4.98 Å². The van der Waals surface area contributed by atoms with Crippen molar-refractivity contribution in [3.05, 3.63) is 51.1 Å². The summed E-state index contributed by atoms with van der Waals surface area (Å²) in [5.41, 5.74) is 0.747. The quantitative estimate of drug-likeness (QED) is 0.583. The van der Waals surface area contributed by atoms with Gasteiger partial charge in [0.1, 0.15) is 23.5 Å². The number of ether oxygens (including phenoxy) is 1. The third-order valence-corrected chi connectivity index (χ3v) is 6.03. The number of piperidine rings is 1. The van der Waals surface area contributed by atoms with Crippen LogP contribution in [0.1, 0.15) is 39.0 Å². The highest BCUT2D eigenvalue weighted by Gasteiger charge is 2.22. The van der Waals surface area contributed by atoms with Gasteiger partial charge in [-0.15, -0.1) is 0 Å². The summed E-state index contributed by atoms with van der Waals surface area (Å²) in [6.07, 6.45) is 11.4. The van der Waals surface area contributed by atoms with Crippen LogP contribution in [-0.2, 0) is 4.74 Å². The van der Waals surface area contributed by atoms with Crippen molar-refractivity contribution in [2.45, 2.75) is 51.2 Å². The number of aromatic nitrogens is 2. The molecule has 1 aromatic rings. The Hall–Kier alpha value is -2.25. The molecule has 162 valence electrons. The zero-order valence-corrected chi connectivity index (χ0v) is 18.2. The van der Waals surface area contributed by atoms with Gasteiger partial charge in [0.05, 0.1) is 0 Å². The summed E-state index contributed by atoms with van der Waals surface area (Å²) < 4.78 is 6.21. The minimum Gasteiger partial charge on any atom is -0.494 e. The van der Waals surface area contributed by atoms with E-state index in [0.717, 1.165) is 80.5 Å². The van der Waals surface area contributed by atoms with Crippen LogP contribution in [0.15, 0.2) is 45.5 Å². The molecule has 0 radical (unpaired) electrons. The summed E-state index contributed by atoms with van der Waals surface area (Å²) in [4.78, 5) is 20.9. The van der Waals surface area contributed by atoms with E-state index in [-0.39, 0.29) is 11.8 Å². The second-order valence-corrected chi connectivity index (χ2v) is 8.64. The van der Waals surface area contributed by atoms with E-state index in [1.165, 1.54) is 0 Å². The van der Waals surface area contributed by atoms with Gasteiger partial charge in [0.15, 0.2) is 0 Å². The second kappa shape index (κ2) is 9.71. The summed E-state index contributed by atoms with van der Waals surface area (Å²) in [7, 11) is 0. The molecule has 0 amide bonds. The Labute approximate surface area is 182 Å². The first-order valence-electron chi connectivity index (χ1n) is 10.8. The van der Waals surface area contributed by atoms with Crippen LogP contribution in [0.3, 0.4) is 0 Å². The van der Waals surface area contributed by atoms with Crippen LogP contribution >= 0.6 is 11.6 Å². The standard InChI is InChI=1S/C22H30ClN5O2/c1-15-3-2-4-18(13-19(15)23)30-17-7-10-28(11-8-17)12-9-24-20-14-21(25-16-5-6-16)27-22(29)26-20/h2-3,13-14,16-17H,4-12H2,1H3,(H3,24,25,26,27,29). The van der Waals surface area contributed by atoms with Gasteiger partial charge >= 0.3 is 5.69 Å². The van der Waals surface area contributed by atoms with Crippen molar-refractivity contribution >= 4 is 23.2 Å². The second-order valence-electron chi connectivity index (χ2n) is 8.24. The molecule has 2 aliphatic carbocycles. The van der Waals surface area contributed by atoms with Gasteiger partial charge in [0, 0.05) is 49.7 Å². The van der Waals surface area contributed by atoms with Crippen molar-refractivity contribution in [2.24, 2.45) is 0 Å². The zero-order chi connectivity index (χ0) is 20.9. The Bertz CT molecular complexity index is 895. The normalized spacial score (nSPS) is 20.7. The predicted molar refractivity (Wildman–Crippen MR) is 121 cm³/mol. The molecule has 7 nitrogen and oxygen atoms in total. The number of nitrogens with one attached hydrogen (secondary N) is 3. The number of halogens is 1. The molecule has 30 heavy (non-hydrogen) atoms. The van der Waals surface area contributed by atoms with Crippen LogP contribution in [0.5, 0.6) is 0 Å². The molecule has 3 aliphatic rings. The fraction of sp³-hybridized carbons (Fsp3) is 0.545. The molecule has 0 bridgehead atoms. The molecule has 1 aliphatic heterocycles. The lowest BCUT2D eigenvalue weighted by molar-refractivity contribution is 0.0497. The highest BCUT2D eigenvalue weighted by molar-refractivity contribution is 6.31. The van der Waals surface area contributed by atoms with E-state index in [4.69, 9.17) is 16.3 Å². The van der Waals surface area contributed by atoms with Crippen LogP contribution in [-0.4, -0.2) is 53.2 Å². The molecule has 4 rings (SSSR count). The van der Waals surface area contributed by atoms with E-state index in [1.807, 2.05) is 25.1 Å². The number of allylic oxidation sites excluding steroid dienone is 5. The summed E-state index contributed by atoms with van der Waals surface area (Å²) in [6.45, 7) is 5.66. The highest BCUT2D eigenvalue weighted by atomic mass is 35.5. The number of likely N-dealkylation sites (tertiary alicyclic amines) is 1. The Morgan fingerprint density at radius 1 is 1.30 bits per heavy atom. The first-order valence-corrected chi connectivity index (χ1v) is 11.2. The Kier molecular flexibility index (Phi) is 6.79. The van der Waals surface area contributed by atoms with Crippen molar-refractivity contribution in [2.75, 3.05) is 36.8 Å². The fourth-order valence-corrected chi connectivity index (χ4v) is 3.89. The van der Waals surface area contributed by atoms with E-state index in [0.29, 0.717) is 11.9 Å². The van der Waals surface area contributed by atoms with E-state index in [2.05, 4.69) is 31.6 Å². The number of hydrogen-bond donors (Lipinski definition) is 3. The maximum absolute atomic E-state index is 11.7. The van der Waals surface area contributed by atoms with Gasteiger partial charge in [-0.05, 0) is 44.3 Å². The third-order valence-electron chi connectivity index (χ3n) is 5.62. The number of H-pyrrole nitrogens is 1. The number of nitrogens with zero attached hydrogens (tertiary/aromatic N) is 2. The van der Waals surface area contributed by atoms with Crippen molar-refractivity contribution in [1.82, 2.24) is 14.9 Å². The molecule has 0 aromatic carbocycles. The molecule has 0 spiro atoms. The van der Waals surface area contributed by atoms with E-state index in [9.17, 15) is 4.79 Å². The van der Waals surface area contributed by atoms with Gasteiger partial charge in [-0.25, -0.2) is 4.79 Å². The lowest BCUT2D eigenvalue weighted by Gasteiger charge is -2.32. The summed E-state index contributed by atoms with van der Waals surface area (Å²) >= 11 is 6.29. The maximum atomic E-state index is 11.7. The van der Waals surface area contributed by atoms with Gasteiger partial charge < -0.3 is 20.3 Å². The fourth-order valence-electron chi connectivity index (χ4n) is 3.71. The van der Waals surface area contributed by atoms with Crippen LogP contribution in [0.25, 0.3) is 0 Å². The molecule has 2 fully saturated rings. The van der Waals surface area contributed by atoms with Crippen LogP contribution in [0.2, 0.25) is 0 Å². The van der Waals surface area contributed by atoms with E-state index < -0.39 is 0 Å². The molecule has 0 unspecified atom stereocenters. The molecular formula is C22H30ClN5O2. The smallest absolute Gasteiger partial charge is 0.348 e. The highest BCUT2D eigenvalue weighted by Crippen LogP contribution is 2.25. The summed E-state index contributed by atoms with van der Waals surface area (Å²) in [5.74, 6) is 2.31. The van der Waals surface area contributed by atoms with Crippen molar-refractivity contribution in [3.8, 4) is 0 Å². The monoisotopic (exact) mass is 431 g/mol. The molecule has 1 saturated carbocycles. The minimum atomic E-state index is -0.325.